The maximum Gasteiger partial charge on any atom is 0.322 e. The van der Waals surface area contributed by atoms with Gasteiger partial charge in [-0.2, -0.15) is 0 Å². The maximum absolute atomic E-state index is 11.4. The van der Waals surface area contributed by atoms with E-state index in [9.17, 15) is 14.7 Å². The molecule has 0 saturated carbocycles. The normalized spacial score (nSPS) is 19.0. The standard InChI is InChI=1S/C12H11N3O3/c16-8-1-2-9-6(4-8)3-7(13-9)5-10-11(17)15-12(18)14-10/h1-4,10,13,16H,5H2,(H2,14,15,17,18). The van der Waals surface area contributed by atoms with Crippen molar-refractivity contribution in [1.29, 1.82) is 0 Å². The number of H-pyrrole nitrogens is 1. The van der Waals surface area contributed by atoms with E-state index < -0.39 is 12.1 Å². The molecule has 1 unspecified atom stereocenters. The van der Waals surface area contributed by atoms with Gasteiger partial charge >= 0.3 is 6.03 Å². The van der Waals surface area contributed by atoms with Gasteiger partial charge in [-0.1, -0.05) is 0 Å². The van der Waals surface area contributed by atoms with Crippen LogP contribution in [0.15, 0.2) is 24.3 Å². The van der Waals surface area contributed by atoms with E-state index in [0.29, 0.717) is 6.42 Å². The number of nitrogens with one attached hydrogen (secondary N) is 3. The molecule has 18 heavy (non-hydrogen) atoms. The zero-order valence-electron chi connectivity index (χ0n) is 9.36. The van der Waals surface area contributed by atoms with E-state index in [0.717, 1.165) is 16.6 Å². The molecule has 0 bridgehead atoms. The Hall–Kier alpha value is -2.50. The van der Waals surface area contributed by atoms with E-state index in [1.54, 1.807) is 18.2 Å². The molecule has 2 heterocycles. The van der Waals surface area contributed by atoms with Crippen molar-refractivity contribution in [2.24, 2.45) is 0 Å². The summed E-state index contributed by atoms with van der Waals surface area (Å²) >= 11 is 0. The number of hydrogen-bond acceptors (Lipinski definition) is 3. The lowest BCUT2D eigenvalue weighted by atomic mass is 10.1. The minimum atomic E-state index is -0.542. The van der Waals surface area contributed by atoms with Crippen molar-refractivity contribution in [3.05, 3.63) is 30.0 Å². The Labute approximate surface area is 102 Å². The number of carbonyl (C=O) groups excluding carboxylic acids is 2. The van der Waals surface area contributed by atoms with Gasteiger partial charge < -0.3 is 15.4 Å². The summed E-state index contributed by atoms with van der Waals surface area (Å²) in [6.45, 7) is 0. The predicted molar refractivity (Wildman–Crippen MR) is 64.1 cm³/mol. The fourth-order valence-corrected chi connectivity index (χ4v) is 2.11. The minimum Gasteiger partial charge on any atom is -0.508 e. The van der Waals surface area contributed by atoms with E-state index in [-0.39, 0.29) is 11.7 Å². The van der Waals surface area contributed by atoms with Crippen LogP contribution in [-0.4, -0.2) is 28.1 Å². The second-order valence-electron chi connectivity index (χ2n) is 4.29. The van der Waals surface area contributed by atoms with Crippen molar-refractivity contribution in [1.82, 2.24) is 15.6 Å². The van der Waals surface area contributed by atoms with Gasteiger partial charge in [-0.3, -0.25) is 10.1 Å². The van der Waals surface area contributed by atoms with Crippen LogP contribution in [0.2, 0.25) is 0 Å². The van der Waals surface area contributed by atoms with Gasteiger partial charge in [0, 0.05) is 23.0 Å². The summed E-state index contributed by atoms with van der Waals surface area (Å²) < 4.78 is 0. The third-order valence-electron chi connectivity index (χ3n) is 2.94. The fourth-order valence-electron chi connectivity index (χ4n) is 2.11. The molecule has 0 spiro atoms. The molecular weight excluding hydrogens is 234 g/mol. The summed E-state index contributed by atoms with van der Waals surface area (Å²) in [6, 6.07) is 5.85. The molecule has 1 aromatic carbocycles. The highest BCUT2D eigenvalue weighted by molar-refractivity contribution is 6.04. The number of carbonyl (C=O) groups is 2. The molecule has 0 aliphatic carbocycles. The van der Waals surface area contributed by atoms with Crippen molar-refractivity contribution >= 4 is 22.8 Å². The van der Waals surface area contributed by atoms with Gasteiger partial charge in [-0.25, -0.2) is 4.79 Å². The van der Waals surface area contributed by atoms with E-state index in [2.05, 4.69) is 15.6 Å². The highest BCUT2D eigenvalue weighted by Crippen LogP contribution is 2.21. The van der Waals surface area contributed by atoms with Gasteiger partial charge in [0.15, 0.2) is 0 Å². The van der Waals surface area contributed by atoms with Crippen LogP contribution in [0, 0.1) is 0 Å². The first-order valence-electron chi connectivity index (χ1n) is 5.54. The lowest BCUT2D eigenvalue weighted by Crippen LogP contribution is -2.31. The molecule has 3 amide bonds. The van der Waals surface area contributed by atoms with Gasteiger partial charge in [0.25, 0.3) is 5.91 Å². The second kappa shape index (κ2) is 3.76. The second-order valence-corrected chi connectivity index (χ2v) is 4.29. The summed E-state index contributed by atoms with van der Waals surface area (Å²) in [5.74, 6) is -0.124. The average molecular weight is 245 g/mol. The third kappa shape index (κ3) is 1.77. The number of amides is 3. The van der Waals surface area contributed by atoms with Crippen LogP contribution >= 0.6 is 0 Å². The summed E-state index contributed by atoms with van der Waals surface area (Å²) in [7, 11) is 0. The molecule has 1 aliphatic rings. The molecule has 1 atom stereocenters. The first-order chi connectivity index (χ1) is 8.61. The number of imide groups is 1. The van der Waals surface area contributed by atoms with Crippen molar-refractivity contribution in [3.63, 3.8) is 0 Å². The number of rotatable bonds is 2. The van der Waals surface area contributed by atoms with Gasteiger partial charge in [-0.15, -0.1) is 0 Å². The number of phenolic OH excluding ortho intramolecular Hbond substituents is 1. The maximum atomic E-state index is 11.4. The van der Waals surface area contributed by atoms with Crippen LogP contribution < -0.4 is 10.6 Å². The monoisotopic (exact) mass is 245 g/mol. The SMILES string of the molecule is O=C1NC(=O)C(Cc2cc3cc(O)ccc3[nH]2)N1. The van der Waals surface area contributed by atoms with Crippen LogP contribution in [0.3, 0.4) is 0 Å². The van der Waals surface area contributed by atoms with Crippen LogP contribution in [0.4, 0.5) is 4.79 Å². The lowest BCUT2D eigenvalue weighted by molar-refractivity contribution is -0.120. The van der Waals surface area contributed by atoms with Crippen LogP contribution in [-0.2, 0) is 11.2 Å². The molecule has 0 radical (unpaired) electrons. The number of aromatic amines is 1. The summed E-state index contributed by atoms with van der Waals surface area (Å²) in [5.41, 5.74) is 1.71. The smallest absolute Gasteiger partial charge is 0.322 e. The predicted octanol–water partition coefficient (Wildman–Crippen LogP) is 0.624. The Morgan fingerprint density at radius 1 is 1.22 bits per heavy atom. The van der Waals surface area contributed by atoms with Gasteiger partial charge in [-0.05, 0) is 24.3 Å². The summed E-state index contributed by atoms with van der Waals surface area (Å²) in [4.78, 5) is 25.5. The minimum absolute atomic E-state index is 0.194. The molecular formula is C12H11N3O3. The molecule has 6 heteroatoms. The summed E-state index contributed by atoms with van der Waals surface area (Å²) in [6.07, 6.45) is 0.396. The third-order valence-corrected chi connectivity index (χ3v) is 2.94. The highest BCUT2D eigenvalue weighted by Gasteiger charge is 2.29. The Kier molecular flexibility index (Phi) is 2.22. The fraction of sp³-hybridized carbons (Fsp3) is 0.167. The largest absolute Gasteiger partial charge is 0.508 e. The molecule has 1 aliphatic heterocycles. The van der Waals surface area contributed by atoms with Gasteiger partial charge in [0.1, 0.15) is 11.8 Å². The molecule has 1 saturated heterocycles. The Morgan fingerprint density at radius 3 is 2.78 bits per heavy atom. The Morgan fingerprint density at radius 2 is 2.06 bits per heavy atom. The number of urea groups is 1. The van der Waals surface area contributed by atoms with Crippen molar-refractivity contribution in [2.75, 3.05) is 0 Å². The van der Waals surface area contributed by atoms with Crippen LogP contribution in [0.1, 0.15) is 5.69 Å². The van der Waals surface area contributed by atoms with Crippen LogP contribution in [0.5, 0.6) is 5.75 Å². The lowest BCUT2D eigenvalue weighted by Gasteiger charge is -2.04. The topological polar surface area (TPSA) is 94.2 Å². The number of phenols is 1. The Bertz CT molecular complexity index is 647. The average Bonchev–Trinajstić information content (AvgIpc) is 2.82. The quantitative estimate of drug-likeness (QED) is 0.584. The zero-order valence-corrected chi connectivity index (χ0v) is 9.36. The Balaban J connectivity index is 1.87. The molecule has 2 aromatic rings. The first-order valence-corrected chi connectivity index (χ1v) is 5.54. The van der Waals surface area contributed by atoms with E-state index in [1.807, 2.05) is 6.07 Å². The molecule has 4 N–H and O–H groups in total. The molecule has 1 aromatic heterocycles. The first kappa shape index (κ1) is 10.6. The molecule has 92 valence electrons. The highest BCUT2D eigenvalue weighted by atomic mass is 16.3. The van der Waals surface area contributed by atoms with E-state index in [4.69, 9.17) is 0 Å². The summed E-state index contributed by atoms with van der Waals surface area (Å²) in [5, 5.41) is 15.0. The molecule has 1 fully saturated rings. The van der Waals surface area contributed by atoms with Crippen molar-refractivity contribution in [3.8, 4) is 5.75 Å². The van der Waals surface area contributed by atoms with Gasteiger partial charge in [0.2, 0.25) is 0 Å². The van der Waals surface area contributed by atoms with Gasteiger partial charge in [0.05, 0.1) is 0 Å². The zero-order chi connectivity index (χ0) is 12.7. The van der Waals surface area contributed by atoms with E-state index >= 15 is 0 Å². The molecule has 6 nitrogen and oxygen atoms in total. The number of benzene rings is 1. The number of hydrogen-bond donors (Lipinski definition) is 4. The number of fused-ring (bicyclic) bond motifs is 1. The molecule has 3 rings (SSSR count). The van der Waals surface area contributed by atoms with Crippen molar-refractivity contribution < 1.29 is 14.7 Å². The number of aromatic hydroxyl groups is 1. The van der Waals surface area contributed by atoms with E-state index in [1.165, 1.54) is 0 Å². The number of aromatic nitrogens is 1. The van der Waals surface area contributed by atoms with Crippen molar-refractivity contribution in [2.45, 2.75) is 12.5 Å². The van der Waals surface area contributed by atoms with Crippen LogP contribution in [0.25, 0.3) is 10.9 Å².